The van der Waals surface area contributed by atoms with E-state index in [0.717, 1.165) is 46.5 Å². The largest absolute Gasteiger partial charge is 0.367 e. The van der Waals surface area contributed by atoms with Gasteiger partial charge in [0.2, 0.25) is 0 Å². The summed E-state index contributed by atoms with van der Waals surface area (Å²) in [7, 11) is 0. The molecule has 0 saturated carbocycles. The van der Waals surface area contributed by atoms with E-state index in [1.54, 1.807) is 0 Å². The minimum absolute atomic E-state index is 0.295. The monoisotopic (exact) mass is 431 g/mol. The highest BCUT2D eigenvalue weighted by molar-refractivity contribution is 9.10. The van der Waals surface area contributed by atoms with Crippen LogP contribution >= 0.6 is 27.5 Å². The van der Waals surface area contributed by atoms with Crippen molar-refractivity contribution in [2.75, 3.05) is 0 Å². The molecule has 26 heavy (non-hydrogen) atoms. The van der Waals surface area contributed by atoms with Crippen molar-refractivity contribution >= 4 is 39.1 Å². The van der Waals surface area contributed by atoms with Gasteiger partial charge in [0.25, 0.3) is 0 Å². The zero-order chi connectivity index (χ0) is 18.7. The van der Waals surface area contributed by atoms with E-state index in [-0.39, 0.29) is 0 Å². The summed E-state index contributed by atoms with van der Waals surface area (Å²) in [5.41, 5.74) is 5.46. The van der Waals surface area contributed by atoms with E-state index in [2.05, 4.69) is 57.9 Å². The minimum Gasteiger partial charge on any atom is -0.367 e. The number of pyridine rings is 1. The molecule has 0 aliphatic heterocycles. The maximum absolute atomic E-state index is 6.40. The number of allylic oxidation sites excluding steroid dienone is 1. The van der Waals surface area contributed by atoms with Gasteiger partial charge in [0, 0.05) is 23.0 Å². The lowest BCUT2D eigenvalue weighted by Crippen LogP contribution is -2.26. The van der Waals surface area contributed by atoms with Gasteiger partial charge in [-0.15, -0.1) is 6.58 Å². The molecule has 1 N–H and O–H groups in total. The van der Waals surface area contributed by atoms with Crippen LogP contribution in [-0.4, -0.2) is 10.8 Å². The summed E-state index contributed by atoms with van der Waals surface area (Å²) in [5.74, 6) is 0.939. The van der Waals surface area contributed by atoms with Gasteiger partial charge in [-0.2, -0.15) is 0 Å². The number of hydrogen-bond donors (Lipinski definition) is 1. The summed E-state index contributed by atoms with van der Waals surface area (Å²) < 4.78 is 1.13. The number of hydrogen-bond acceptors (Lipinski definition) is 2. The van der Waals surface area contributed by atoms with E-state index in [4.69, 9.17) is 16.6 Å². The fraction of sp³-hybridized carbons (Fsp3) is 0.333. The van der Waals surface area contributed by atoms with E-state index < -0.39 is 0 Å². The second-order valence-electron chi connectivity index (χ2n) is 6.55. The molecule has 0 spiro atoms. The lowest BCUT2D eigenvalue weighted by Gasteiger charge is -2.17. The van der Waals surface area contributed by atoms with Crippen molar-refractivity contribution in [1.82, 2.24) is 10.3 Å². The Morgan fingerprint density at radius 1 is 1.46 bits per heavy atom. The molecule has 0 radical (unpaired) electrons. The molecule has 1 aromatic carbocycles. The summed E-state index contributed by atoms with van der Waals surface area (Å²) in [6, 6.07) is 8.83. The average molecular weight is 433 g/mol. The van der Waals surface area contributed by atoms with Crippen LogP contribution in [0.5, 0.6) is 0 Å². The van der Waals surface area contributed by atoms with Crippen LogP contribution in [0.15, 0.2) is 46.4 Å². The van der Waals surface area contributed by atoms with Gasteiger partial charge in [-0.25, -0.2) is 9.98 Å². The Hall–Kier alpha value is -1.65. The quantitative estimate of drug-likeness (QED) is 0.262. The Morgan fingerprint density at radius 3 is 2.96 bits per heavy atom. The van der Waals surface area contributed by atoms with Crippen LogP contribution in [0.2, 0.25) is 5.15 Å². The van der Waals surface area contributed by atoms with Crippen molar-refractivity contribution in [3.63, 3.8) is 0 Å². The van der Waals surface area contributed by atoms with Crippen molar-refractivity contribution < 1.29 is 0 Å². The van der Waals surface area contributed by atoms with Crippen molar-refractivity contribution in [2.45, 2.75) is 45.6 Å². The van der Waals surface area contributed by atoms with E-state index >= 15 is 0 Å². The Balaban J connectivity index is 1.85. The minimum atomic E-state index is 0.295. The number of nitrogens with one attached hydrogen (secondary N) is 1. The van der Waals surface area contributed by atoms with E-state index in [1.807, 2.05) is 19.1 Å². The third-order valence-electron chi connectivity index (χ3n) is 4.65. The van der Waals surface area contributed by atoms with Gasteiger partial charge in [-0.05, 0) is 54.7 Å². The van der Waals surface area contributed by atoms with E-state index in [1.165, 1.54) is 11.1 Å². The summed E-state index contributed by atoms with van der Waals surface area (Å²) in [6.07, 6.45) is 5.51. The van der Waals surface area contributed by atoms with Gasteiger partial charge in [0.1, 0.15) is 11.5 Å². The first kappa shape index (κ1) is 19.1. The zero-order valence-corrected chi connectivity index (χ0v) is 17.5. The number of fused-ring (bicyclic) bond motifs is 1. The SMILES string of the molecule is C=CCc1cc(C)c(/N=C(/CC)N[C@H]2CCc3cc(Br)ccc32)c(Cl)n1. The van der Waals surface area contributed by atoms with E-state index in [0.29, 0.717) is 17.6 Å². The van der Waals surface area contributed by atoms with Gasteiger partial charge in [-0.3, -0.25) is 0 Å². The predicted molar refractivity (Wildman–Crippen MR) is 114 cm³/mol. The normalized spacial score (nSPS) is 16.5. The van der Waals surface area contributed by atoms with Crippen LogP contribution in [0.1, 0.15) is 48.2 Å². The lowest BCUT2D eigenvalue weighted by atomic mass is 10.1. The average Bonchev–Trinajstić information content (AvgIpc) is 2.99. The molecule has 0 bridgehead atoms. The molecule has 0 saturated heterocycles. The number of nitrogens with zero attached hydrogens (tertiary/aromatic N) is 2. The second-order valence-corrected chi connectivity index (χ2v) is 7.83. The van der Waals surface area contributed by atoms with Crippen molar-refractivity contribution in [3.8, 4) is 0 Å². The van der Waals surface area contributed by atoms with Crippen LogP contribution in [0, 0.1) is 6.92 Å². The summed E-state index contributed by atoms with van der Waals surface area (Å²) >= 11 is 9.96. The van der Waals surface area contributed by atoms with Crippen LogP contribution in [0.4, 0.5) is 5.69 Å². The smallest absolute Gasteiger partial charge is 0.155 e. The van der Waals surface area contributed by atoms with Crippen LogP contribution in [0.25, 0.3) is 0 Å². The van der Waals surface area contributed by atoms with E-state index in [9.17, 15) is 0 Å². The molecule has 0 unspecified atom stereocenters. The summed E-state index contributed by atoms with van der Waals surface area (Å²) in [4.78, 5) is 9.25. The van der Waals surface area contributed by atoms with Gasteiger partial charge < -0.3 is 5.32 Å². The molecule has 3 rings (SSSR count). The molecule has 2 aromatic rings. The Morgan fingerprint density at radius 2 is 2.27 bits per heavy atom. The standard InChI is InChI=1S/C21H23BrClN3/c1-4-6-16-11-13(3)20(21(23)24-16)26-19(5-2)25-18-10-7-14-12-15(22)8-9-17(14)18/h4,8-9,11-12,18H,1,5-7,10H2,2-3H3,(H,25,26)/t18-/m0/s1. The van der Waals surface area contributed by atoms with Gasteiger partial charge in [-0.1, -0.05) is 46.6 Å². The molecular formula is C21H23BrClN3. The maximum Gasteiger partial charge on any atom is 0.155 e. The number of rotatable bonds is 5. The molecule has 1 aliphatic carbocycles. The third-order valence-corrected chi connectivity index (χ3v) is 5.41. The maximum atomic E-state index is 6.40. The Kier molecular flexibility index (Phi) is 6.15. The predicted octanol–water partition coefficient (Wildman–Crippen LogP) is 6.25. The molecule has 0 fully saturated rings. The first-order valence-electron chi connectivity index (χ1n) is 8.91. The molecule has 136 valence electrons. The first-order chi connectivity index (χ1) is 12.5. The lowest BCUT2D eigenvalue weighted by molar-refractivity contribution is 0.634. The van der Waals surface area contributed by atoms with Crippen LogP contribution in [-0.2, 0) is 12.8 Å². The summed E-state index contributed by atoms with van der Waals surface area (Å²) in [5, 5.41) is 4.07. The molecule has 1 aromatic heterocycles. The molecule has 1 aliphatic rings. The van der Waals surface area contributed by atoms with Gasteiger partial charge in [0.15, 0.2) is 5.15 Å². The molecule has 1 atom stereocenters. The fourth-order valence-electron chi connectivity index (χ4n) is 3.36. The van der Waals surface area contributed by atoms with Crippen molar-refractivity contribution in [2.24, 2.45) is 4.99 Å². The number of aromatic nitrogens is 1. The van der Waals surface area contributed by atoms with Gasteiger partial charge in [0.05, 0.1) is 6.04 Å². The molecule has 3 nitrogen and oxygen atoms in total. The number of aliphatic imine (C=N–C) groups is 1. The summed E-state index contributed by atoms with van der Waals surface area (Å²) in [6.45, 7) is 7.88. The van der Waals surface area contributed by atoms with Crippen molar-refractivity contribution in [3.05, 3.63) is 68.9 Å². The zero-order valence-electron chi connectivity index (χ0n) is 15.1. The molecule has 1 heterocycles. The third kappa shape index (κ3) is 4.18. The van der Waals surface area contributed by atoms with Crippen LogP contribution < -0.4 is 5.32 Å². The fourth-order valence-corrected chi connectivity index (χ4v) is 4.07. The number of halogens is 2. The van der Waals surface area contributed by atoms with Gasteiger partial charge >= 0.3 is 0 Å². The first-order valence-corrected chi connectivity index (χ1v) is 10.1. The Labute approximate surface area is 168 Å². The molecule has 0 amide bonds. The molecule has 5 heteroatoms. The molecular weight excluding hydrogens is 410 g/mol. The second kappa shape index (κ2) is 8.36. The van der Waals surface area contributed by atoms with Crippen molar-refractivity contribution in [1.29, 1.82) is 0 Å². The number of aryl methyl sites for hydroxylation is 2. The highest BCUT2D eigenvalue weighted by atomic mass is 79.9. The number of amidine groups is 1. The highest BCUT2D eigenvalue weighted by Crippen LogP contribution is 2.34. The highest BCUT2D eigenvalue weighted by Gasteiger charge is 2.23. The number of benzene rings is 1. The van der Waals surface area contributed by atoms with Crippen LogP contribution in [0.3, 0.4) is 0 Å². The Bertz CT molecular complexity index is 837. The topological polar surface area (TPSA) is 37.3 Å².